The molecule has 40 heavy (non-hydrogen) atoms. The van der Waals surface area contributed by atoms with Crippen molar-refractivity contribution in [2.45, 2.75) is 44.8 Å². The van der Waals surface area contributed by atoms with Crippen molar-refractivity contribution in [3.63, 3.8) is 0 Å². The van der Waals surface area contributed by atoms with Crippen LogP contribution in [0.4, 0.5) is 17.6 Å². The van der Waals surface area contributed by atoms with Crippen molar-refractivity contribution in [3.05, 3.63) is 87.5 Å². The molecule has 2 aliphatic rings. The second-order valence-corrected chi connectivity index (χ2v) is 10.3. The number of nitrogens with one attached hydrogen (secondary N) is 1. The lowest BCUT2D eigenvalue weighted by Crippen LogP contribution is -2.38. The molecular weight excluding hydrogens is 548 g/mol. The number of fused-ring (bicyclic) bond motifs is 2. The molecule has 2 heterocycles. The Bertz CT molecular complexity index is 1420. The van der Waals surface area contributed by atoms with Gasteiger partial charge in [0.1, 0.15) is 5.82 Å². The average Bonchev–Trinajstić information content (AvgIpc) is 2.91. The van der Waals surface area contributed by atoms with Gasteiger partial charge in [0.05, 0.1) is 28.0 Å². The van der Waals surface area contributed by atoms with E-state index < -0.39 is 40.1 Å². The quantitative estimate of drug-likeness (QED) is 0.429. The maximum absolute atomic E-state index is 14.9. The Labute approximate surface area is 234 Å². The Morgan fingerprint density at radius 2 is 1.93 bits per heavy atom. The number of aliphatic imine (C=N–C) groups is 1. The fourth-order valence-electron chi connectivity index (χ4n) is 5.25. The minimum absolute atomic E-state index is 0.00279. The summed E-state index contributed by atoms with van der Waals surface area (Å²) in [7, 11) is 1.58. The average molecular weight is 577 g/mol. The van der Waals surface area contributed by atoms with E-state index in [0.717, 1.165) is 23.8 Å². The number of nitrogens with two attached hydrogens (primary N) is 1. The van der Waals surface area contributed by atoms with Crippen LogP contribution in [-0.4, -0.2) is 36.0 Å². The SMILES string of the molecule is CN=C1C(=CN)NC(=O)C(C)CCC[C@H](N2CCC(c3c(C(F)(F)F)ccc(Cl)c3F)=CC2=O)c2cccc1c2. The van der Waals surface area contributed by atoms with E-state index >= 15 is 0 Å². The van der Waals surface area contributed by atoms with E-state index in [1.807, 2.05) is 18.2 Å². The highest BCUT2D eigenvalue weighted by Crippen LogP contribution is 2.41. The van der Waals surface area contributed by atoms with Gasteiger partial charge in [0.2, 0.25) is 11.8 Å². The van der Waals surface area contributed by atoms with Gasteiger partial charge in [-0.1, -0.05) is 43.1 Å². The van der Waals surface area contributed by atoms with Crippen molar-refractivity contribution in [1.29, 1.82) is 0 Å². The van der Waals surface area contributed by atoms with Crippen LogP contribution in [0.2, 0.25) is 5.02 Å². The highest BCUT2D eigenvalue weighted by atomic mass is 35.5. The lowest BCUT2D eigenvalue weighted by Gasteiger charge is -2.35. The Morgan fingerprint density at radius 3 is 2.58 bits per heavy atom. The second kappa shape index (κ2) is 11.8. The molecule has 212 valence electrons. The van der Waals surface area contributed by atoms with E-state index in [-0.39, 0.29) is 30.4 Å². The molecule has 4 rings (SSSR count). The van der Waals surface area contributed by atoms with Gasteiger partial charge in [0, 0.05) is 42.9 Å². The van der Waals surface area contributed by atoms with Gasteiger partial charge in [-0.05, 0) is 48.6 Å². The number of nitrogens with zero attached hydrogens (tertiary/aromatic N) is 2. The summed E-state index contributed by atoms with van der Waals surface area (Å²) < 4.78 is 56.0. The minimum atomic E-state index is -4.83. The Kier molecular flexibility index (Phi) is 8.68. The highest BCUT2D eigenvalue weighted by molar-refractivity contribution is 6.31. The fraction of sp³-hybridized carbons (Fsp3) is 0.345. The zero-order valence-electron chi connectivity index (χ0n) is 22.0. The molecule has 0 saturated carbocycles. The third-order valence-electron chi connectivity index (χ3n) is 7.31. The molecule has 11 heteroatoms. The lowest BCUT2D eigenvalue weighted by atomic mass is 9.89. The monoisotopic (exact) mass is 576 g/mol. The van der Waals surface area contributed by atoms with E-state index in [1.165, 1.54) is 6.20 Å². The molecule has 1 unspecified atom stereocenters. The molecule has 2 atom stereocenters. The Hall–Kier alpha value is -3.66. The molecular formula is C29H29ClF4N4O2. The standard InChI is InChI=1S/C29H29ClF4N4O2/c1-16-5-3-8-23(17-6-4-7-19(13-17)27(36-2)22(15-35)37-28(16)40)38-12-11-18(14-24(38)39)25-20(29(32,33)34)9-10-21(30)26(25)31/h4,6-7,9-10,13-16,23H,3,5,8,11-12,35H2,1-2H3,(H,37,40)/t16?,23-/m0/s1. The van der Waals surface area contributed by atoms with Gasteiger partial charge in [-0.15, -0.1) is 0 Å². The normalized spacial score (nSPS) is 23.0. The van der Waals surface area contributed by atoms with Gasteiger partial charge in [-0.25, -0.2) is 4.39 Å². The molecule has 2 bridgehead atoms. The van der Waals surface area contributed by atoms with E-state index in [9.17, 15) is 27.2 Å². The third-order valence-corrected chi connectivity index (χ3v) is 7.60. The summed E-state index contributed by atoms with van der Waals surface area (Å²) in [5.41, 5.74) is 6.18. The van der Waals surface area contributed by atoms with E-state index in [1.54, 1.807) is 24.9 Å². The predicted molar refractivity (Wildman–Crippen MR) is 146 cm³/mol. The fourth-order valence-corrected chi connectivity index (χ4v) is 5.41. The number of carbonyl (C=O) groups is 2. The molecule has 3 N–H and O–H groups in total. The van der Waals surface area contributed by atoms with Crippen LogP contribution in [0.1, 0.15) is 60.9 Å². The van der Waals surface area contributed by atoms with Gasteiger partial charge in [-0.2, -0.15) is 13.2 Å². The maximum atomic E-state index is 14.9. The van der Waals surface area contributed by atoms with Crippen molar-refractivity contribution < 1.29 is 27.2 Å². The zero-order chi connectivity index (χ0) is 29.2. The van der Waals surface area contributed by atoms with Crippen LogP contribution in [0.15, 0.2) is 59.4 Å². The topological polar surface area (TPSA) is 87.8 Å². The van der Waals surface area contributed by atoms with Crippen molar-refractivity contribution in [1.82, 2.24) is 10.2 Å². The number of benzene rings is 2. The van der Waals surface area contributed by atoms with Crippen LogP contribution in [-0.2, 0) is 15.8 Å². The van der Waals surface area contributed by atoms with E-state index in [0.29, 0.717) is 36.2 Å². The number of carbonyl (C=O) groups excluding carboxylic acids is 2. The molecule has 2 amide bonds. The molecule has 0 aromatic heterocycles. The lowest BCUT2D eigenvalue weighted by molar-refractivity contribution is -0.138. The summed E-state index contributed by atoms with van der Waals surface area (Å²) >= 11 is 5.82. The molecule has 6 nitrogen and oxygen atoms in total. The molecule has 2 aromatic carbocycles. The molecule has 0 aliphatic carbocycles. The minimum Gasteiger partial charge on any atom is -0.403 e. The molecule has 0 fully saturated rings. The first-order valence-electron chi connectivity index (χ1n) is 12.8. The van der Waals surface area contributed by atoms with Crippen LogP contribution in [0.5, 0.6) is 0 Å². The summed E-state index contributed by atoms with van der Waals surface area (Å²) in [4.78, 5) is 32.1. The number of alkyl halides is 3. The first-order chi connectivity index (χ1) is 19.0. The third kappa shape index (κ3) is 5.91. The number of hydrogen-bond acceptors (Lipinski definition) is 4. The molecule has 0 spiro atoms. The number of rotatable bonds is 2. The van der Waals surface area contributed by atoms with E-state index in [2.05, 4.69) is 10.3 Å². The van der Waals surface area contributed by atoms with E-state index in [4.69, 9.17) is 17.3 Å². The first-order valence-corrected chi connectivity index (χ1v) is 13.2. The highest BCUT2D eigenvalue weighted by Gasteiger charge is 2.38. The number of hydrogen-bond donors (Lipinski definition) is 2. The predicted octanol–water partition coefficient (Wildman–Crippen LogP) is 6.01. The summed E-state index contributed by atoms with van der Waals surface area (Å²) in [6, 6.07) is 8.49. The zero-order valence-corrected chi connectivity index (χ0v) is 22.7. The number of amides is 2. The largest absolute Gasteiger partial charge is 0.417 e. The number of halogens is 5. The first kappa shape index (κ1) is 29.3. The van der Waals surface area contributed by atoms with Crippen molar-refractivity contribution in [3.8, 4) is 0 Å². The molecule has 0 saturated heterocycles. The van der Waals surface area contributed by atoms with Crippen LogP contribution in [0.3, 0.4) is 0 Å². The van der Waals surface area contributed by atoms with Gasteiger partial charge in [0.25, 0.3) is 0 Å². The summed E-state index contributed by atoms with van der Waals surface area (Å²) in [6.07, 6.45) is -0.832. The molecule has 2 aromatic rings. The summed E-state index contributed by atoms with van der Waals surface area (Å²) in [5.74, 6) is -2.29. The van der Waals surface area contributed by atoms with Crippen LogP contribution < -0.4 is 11.1 Å². The maximum Gasteiger partial charge on any atom is 0.417 e. The van der Waals surface area contributed by atoms with Crippen molar-refractivity contribution >= 4 is 34.7 Å². The van der Waals surface area contributed by atoms with Gasteiger partial charge < -0.3 is 16.0 Å². The van der Waals surface area contributed by atoms with Crippen LogP contribution >= 0.6 is 11.6 Å². The Morgan fingerprint density at radius 1 is 1.18 bits per heavy atom. The molecule has 2 aliphatic heterocycles. The van der Waals surface area contributed by atoms with Crippen LogP contribution in [0, 0.1) is 11.7 Å². The van der Waals surface area contributed by atoms with Gasteiger partial charge in [-0.3, -0.25) is 14.6 Å². The summed E-state index contributed by atoms with van der Waals surface area (Å²) in [6.45, 7) is 1.87. The number of allylic oxidation sites excluding steroid dienone is 1. The molecule has 0 radical (unpaired) electrons. The van der Waals surface area contributed by atoms with Gasteiger partial charge in [0.15, 0.2) is 0 Å². The Balaban J connectivity index is 1.75. The van der Waals surface area contributed by atoms with Crippen molar-refractivity contribution in [2.24, 2.45) is 16.6 Å². The second-order valence-electron chi connectivity index (χ2n) is 9.85. The summed E-state index contributed by atoms with van der Waals surface area (Å²) in [5, 5.41) is 2.39. The van der Waals surface area contributed by atoms with Crippen LogP contribution in [0.25, 0.3) is 5.57 Å². The smallest absolute Gasteiger partial charge is 0.403 e. The van der Waals surface area contributed by atoms with Crippen molar-refractivity contribution in [2.75, 3.05) is 13.6 Å². The van der Waals surface area contributed by atoms with Gasteiger partial charge >= 0.3 is 6.18 Å².